The zero-order valence-electron chi connectivity index (χ0n) is 16.1. The summed E-state index contributed by atoms with van der Waals surface area (Å²) in [6, 6.07) is 15.7. The van der Waals surface area contributed by atoms with E-state index < -0.39 is 18.2 Å². The highest BCUT2D eigenvalue weighted by atomic mass is 32.1. The van der Waals surface area contributed by atoms with Crippen LogP contribution >= 0.6 is 11.3 Å². The molecule has 29 heavy (non-hydrogen) atoms. The van der Waals surface area contributed by atoms with Gasteiger partial charge in [-0.05, 0) is 49.6 Å². The molecule has 1 aliphatic heterocycles. The van der Waals surface area contributed by atoms with Gasteiger partial charge in [-0.25, -0.2) is 9.78 Å². The second-order valence-electron chi connectivity index (χ2n) is 7.02. The normalized spacial score (nSPS) is 17.2. The zero-order chi connectivity index (χ0) is 20.2. The number of carbonyl (C=O) groups excluding carboxylic acids is 2. The number of esters is 1. The second-order valence-corrected chi connectivity index (χ2v) is 8.13. The Morgan fingerprint density at radius 3 is 2.76 bits per heavy atom. The number of amides is 1. The molecule has 7 heteroatoms. The number of hydrogen-bond acceptors (Lipinski definition) is 6. The van der Waals surface area contributed by atoms with Crippen LogP contribution in [0.5, 0.6) is 0 Å². The van der Waals surface area contributed by atoms with Gasteiger partial charge in [0.05, 0.1) is 15.2 Å². The molecule has 2 aromatic carbocycles. The van der Waals surface area contributed by atoms with Crippen LogP contribution in [0.15, 0.2) is 48.5 Å². The van der Waals surface area contributed by atoms with Crippen molar-refractivity contribution in [1.82, 2.24) is 4.98 Å². The SMILES string of the molecule is C[C@@H](OC(=O)[C@@H]1CCCO1)C(=O)Nc1ccc(Cc2nc3ccccc3s2)cc1. The van der Waals surface area contributed by atoms with Gasteiger partial charge in [-0.15, -0.1) is 11.3 Å². The van der Waals surface area contributed by atoms with Crippen molar-refractivity contribution in [3.05, 3.63) is 59.1 Å². The van der Waals surface area contributed by atoms with Gasteiger partial charge in [-0.2, -0.15) is 0 Å². The van der Waals surface area contributed by atoms with Crippen LogP contribution in [0, 0.1) is 0 Å². The van der Waals surface area contributed by atoms with Crippen molar-refractivity contribution in [1.29, 1.82) is 0 Å². The number of para-hydroxylation sites is 1. The van der Waals surface area contributed by atoms with Crippen LogP contribution in [-0.2, 0) is 25.5 Å². The van der Waals surface area contributed by atoms with Crippen molar-refractivity contribution in [3.63, 3.8) is 0 Å². The third-order valence-electron chi connectivity index (χ3n) is 4.77. The first-order valence-electron chi connectivity index (χ1n) is 9.65. The topological polar surface area (TPSA) is 77.5 Å². The van der Waals surface area contributed by atoms with E-state index in [1.54, 1.807) is 18.3 Å². The monoisotopic (exact) mass is 410 g/mol. The van der Waals surface area contributed by atoms with E-state index in [0.717, 1.165) is 28.9 Å². The van der Waals surface area contributed by atoms with E-state index in [0.29, 0.717) is 18.7 Å². The van der Waals surface area contributed by atoms with Crippen LogP contribution in [0.2, 0.25) is 0 Å². The molecule has 1 amide bonds. The fourth-order valence-corrected chi connectivity index (χ4v) is 4.19. The molecule has 4 rings (SSSR count). The summed E-state index contributed by atoms with van der Waals surface area (Å²) in [5.74, 6) is -0.841. The maximum Gasteiger partial charge on any atom is 0.336 e. The molecule has 1 saturated heterocycles. The molecule has 2 heterocycles. The number of benzene rings is 2. The van der Waals surface area contributed by atoms with Crippen molar-refractivity contribution in [2.45, 2.75) is 38.4 Å². The van der Waals surface area contributed by atoms with Gasteiger partial charge in [0.2, 0.25) is 0 Å². The minimum absolute atomic E-state index is 0.365. The Balaban J connectivity index is 1.32. The van der Waals surface area contributed by atoms with E-state index in [4.69, 9.17) is 9.47 Å². The van der Waals surface area contributed by atoms with Crippen LogP contribution in [0.25, 0.3) is 10.2 Å². The standard InChI is InChI=1S/C22H22N2O4S/c1-14(28-22(26)18-6-4-12-27-18)21(25)23-16-10-8-15(9-11-16)13-20-24-17-5-2-3-7-19(17)29-20/h2-3,5,7-11,14,18H,4,6,12-13H2,1H3,(H,23,25)/t14-,18+/m1/s1. The molecule has 1 N–H and O–H groups in total. The summed E-state index contributed by atoms with van der Waals surface area (Å²) in [7, 11) is 0. The Kier molecular flexibility index (Phi) is 5.87. The first-order chi connectivity index (χ1) is 14.1. The van der Waals surface area contributed by atoms with Crippen molar-refractivity contribution < 1.29 is 19.1 Å². The molecule has 0 aliphatic carbocycles. The first-order valence-corrected chi connectivity index (χ1v) is 10.5. The Labute approximate surface area is 172 Å². The van der Waals surface area contributed by atoms with Crippen LogP contribution in [0.3, 0.4) is 0 Å². The number of thiazole rings is 1. The minimum Gasteiger partial charge on any atom is -0.451 e. The van der Waals surface area contributed by atoms with E-state index in [-0.39, 0.29) is 5.91 Å². The number of aromatic nitrogens is 1. The van der Waals surface area contributed by atoms with E-state index >= 15 is 0 Å². The average Bonchev–Trinajstić information content (AvgIpc) is 3.39. The molecule has 3 aromatic rings. The maximum atomic E-state index is 12.3. The van der Waals surface area contributed by atoms with Gasteiger partial charge in [-0.1, -0.05) is 24.3 Å². The fraction of sp³-hybridized carbons (Fsp3) is 0.318. The number of nitrogens with zero attached hydrogens (tertiary/aromatic N) is 1. The van der Waals surface area contributed by atoms with Crippen LogP contribution in [0.1, 0.15) is 30.3 Å². The zero-order valence-corrected chi connectivity index (χ0v) is 16.9. The van der Waals surface area contributed by atoms with Gasteiger partial charge in [0.15, 0.2) is 12.2 Å². The highest BCUT2D eigenvalue weighted by molar-refractivity contribution is 7.18. The van der Waals surface area contributed by atoms with E-state index in [1.807, 2.05) is 42.5 Å². The van der Waals surface area contributed by atoms with Gasteiger partial charge < -0.3 is 14.8 Å². The molecule has 1 aromatic heterocycles. The maximum absolute atomic E-state index is 12.3. The molecule has 0 saturated carbocycles. The predicted octanol–water partition coefficient (Wildman–Crippen LogP) is 3.94. The molecule has 0 radical (unpaired) electrons. The van der Waals surface area contributed by atoms with E-state index in [1.165, 1.54) is 4.70 Å². The van der Waals surface area contributed by atoms with Crippen molar-refractivity contribution in [3.8, 4) is 0 Å². The predicted molar refractivity (Wildman–Crippen MR) is 112 cm³/mol. The molecule has 0 unspecified atom stereocenters. The average molecular weight is 410 g/mol. The number of fused-ring (bicyclic) bond motifs is 1. The van der Waals surface area contributed by atoms with Crippen LogP contribution in [-0.4, -0.2) is 35.7 Å². The van der Waals surface area contributed by atoms with Gasteiger partial charge in [0.1, 0.15) is 0 Å². The fourth-order valence-electron chi connectivity index (χ4n) is 3.19. The summed E-state index contributed by atoms with van der Waals surface area (Å²) < 4.78 is 11.7. The van der Waals surface area contributed by atoms with E-state index in [9.17, 15) is 9.59 Å². The number of rotatable bonds is 6. The quantitative estimate of drug-likeness (QED) is 0.623. The van der Waals surface area contributed by atoms with Crippen molar-refractivity contribution >= 4 is 39.1 Å². The lowest BCUT2D eigenvalue weighted by Gasteiger charge is -2.16. The molecule has 1 aliphatic rings. The number of hydrogen-bond donors (Lipinski definition) is 1. The summed E-state index contributed by atoms with van der Waals surface area (Å²) in [6.45, 7) is 2.12. The number of nitrogens with one attached hydrogen (secondary N) is 1. The van der Waals surface area contributed by atoms with Gasteiger partial charge in [0, 0.05) is 18.7 Å². The summed E-state index contributed by atoms with van der Waals surface area (Å²) in [4.78, 5) is 28.9. The second kappa shape index (κ2) is 8.71. The third kappa shape index (κ3) is 4.81. The lowest BCUT2D eigenvalue weighted by Crippen LogP contribution is -2.33. The first kappa shape index (κ1) is 19.5. The van der Waals surface area contributed by atoms with E-state index in [2.05, 4.69) is 16.4 Å². The van der Waals surface area contributed by atoms with Gasteiger partial charge >= 0.3 is 5.97 Å². The third-order valence-corrected chi connectivity index (χ3v) is 5.81. The summed E-state index contributed by atoms with van der Waals surface area (Å²) in [6.07, 6.45) is 0.789. The molecular formula is C22H22N2O4S. The summed E-state index contributed by atoms with van der Waals surface area (Å²) >= 11 is 1.69. The molecule has 6 nitrogen and oxygen atoms in total. The molecule has 0 spiro atoms. The number of carbonyl (C=O) groups is 2. The smallest absolute Gasteiger partial charge is 0.336 e. The summed E-state index contributed by atoms with van der Waals surface area (Å²) in [5, 5.41) is 3.83. The molecule has 150 valence electrons. The molecule has 1 fully saturated rings. The van der Waals surface area contributed by atoms with Crippen LogP contribution < -0.4 is 5.32 Å². The van der Waals surface area contributed by atoms with Crippen molar-refractivity contribution in [2.24, 2.45) is 0 Å². The Hall–Kier alpha value is -2.77. The van der Waals surface area contributed by atoms with Gasteiger partial charge in [0.25, 0.3) is 5.91 Å². The van der Waals surface area contributed by atoms with Crippen molar-refractivity contribution in [2.75, 3.05) is 11.9 Å². The molecular weight excluding hydrogens is 388 g/mol. The summed E-state index contributed by atoms with van der Waals surface area (Å²) in [5.41, 5.74) is 2.78. The highest BCUT2D eigenvalue weighted by Crippen LogP contribution is 2.24. The van der Waals surface area contributed by atoms with Crippen LogP contribution in [0.4, 0.5) is 5.69 Å². The lowest BCUT2D eigenvalue weighted by molar-refractivity contribution is -0.162. The number of anilines is 1. The minimum atomic E-state index is -0.880. The highest BCUT2D eigenvalue weighted by Gasteiger charge is 2.28. The Morgan fingerprint density at radius 2 is 2.03 bits per heavy atom. The largest absolute Gasteiger partial charge is 0.451 e. The Morgan fingerprint density at radius 1 is 1.24 bits per heavy atom. The number of ether oxygens (including phenoxy) is 2. The Bertz CT molecular complexity index is 976. The molecule has 0 bridgehead atoms. The van der Waals surface area contributed by atoms with Gasteiger partial charge in [-0.3, -0.25) is 4.79 Å². The lowest BCUT2D eigenvalue weighted by atomic mass is 10.1. The molecule has 2 atom stereocenters.